The number of anilines is 1. The first-order chi connectivity index (χ1) is 13.0. The third-order valence-corrected chi connectivity index (χ3v) is 4.10. The summed E-state index contributed by atoms with van der Waals surface area (Å²) >= 11 is 0. The number of carbonyl (C=O) groups is 3. The van der Waals surface area contributed by atoms with Gasteiger partial charge in [-0.15, -0.1) is 0 Å². The van der Waals surface area contributed by atoms with Crippen LogP contribution in [0.25, 0.3) is 0 Å². The van der Waals surface area contributed by atoms with Crippen LogP contribution in [0.4, 0.5) is 5.69 Å². The molecule has 0 aliphatic carbocycles. The molecule has 0 aliphatic rings. The van der Waals surface area contributed by atoms with Gasteiger partial charge in [0, 0.05) is 24.1 Å². The third kappa shape index (κ3) is 6.93. The number of aliphatic carboxylic acids is 1. The predicted molar refractivity (Wildman–Crippen MR) is 103 cm³/mol. The molecule has 0 heterocycles. The minimum atomic E-state index is -0.849. The fourth-order valence-corrected chi connectivity index (χ4v) is 2.64. The number of rotatable bonds is 9. The van der Waals surface area contributed by atoms with Gasteiger partial charge in [0.1, 0.15) is 0 Å². The number of amides is 2. The van der Waals surface area contributed by atoms with E-state index in [1.54, 1.807) is 30.3 Å². The Bertz CT molecular complexity index is 790. The van der Waals surface area contributed by atoms with Gasteiger partial charge in [0.15, 0.2) is 0 Å². The fraction of sp³-hybridized carbons (Fsp3) is 0.286. The summed E-state index contributed by atoms with van der Waals surface area (Å²) in [7, 11) is 0. The summed E-state index contributed by atoms with van der Waals surface area (Å²) in [6, 6.07) is 16.1. The number of hydrogen-bond donors (Lipinski definition) is 3. The largest absolute Gasteiger partial charge is 0.481 e. The van der Waals surface area contributed by atoms with Crippen molar-refractivity contribution in [3.8, 4) is 0 Å². The van der Waals surface area contributed by atoms with Crippen LogP contribution in [0.5, 0.6) is 0 Å². The molecular weight excluding hydrogens is 344 g/mol. The van der Waals surface area contributed by atoms with E-state index in [1.165, 1.54) is 0 Å². The summed E-state index contributed by atoms with van der Waals surface area (Å²) in [6.45, 7) is 1.87. The van der Waals surface area contributed by atoms with E-state index in [2.05, 4.69) is 10.6 Å². The Kier molecular flexibility index (Phi) is 7.55. The van der Waals surface area contributed by atoms with Crippen LogP contribution in [-0.2, 0) is 9.59 Å². The molecule has 0 fully saturated rings. The highest BCUT2D eigenvalue weighted by molar-refractivity contribution is 6.04. The lowest BCUT2D eigenvalue weighted by molar-refractivity contribution is -0.137. The molecule has 0 spiro atoms. The van der Waals surface area contributed by atoms with Crippen molar-refractivity contribution >= 4 is 23.5 Å². The topological polar surface area (TPSA) is 95.5 Å². The van der Waals surface area contributed by atoms with E-state index in [9.17, 15) is 14.4 Å². The van der Waals surface area contributed by atoms with Gasteiger partial charge in [-0.1, -0.05) is 30.3 Å². The Morgan fingerprint density at radius 1 is 0.963 bits per heavy atom. The summed E-state index contributed by atoms with van der Waals surface area (Å²) in [4.78, 5) is 34.7. The maximum atomic E-state index is 12.2. The van der Waals surface area contributed by atoms with Gasteiger partial charge in [0.25, 0.3) is 5.91 Å². The summed E-state index contributed by atoms with van der Waals surface area (Å²) in [5, 5.41) is 14.4. The van der Waals surface area contributed by atoms with Crippen LogP contribution in [0.1, 0.15) is 54.6 Å². The van der Waals surface area contributed by atoms with Gasteiger partial charge < -0.3 is 15.7 Å². The standard InChI is InChI=1S/C21H24N2O4/c1-15(22-19(24)12-5-6-13-20(25)26)17-10-7-11-18(14-17)23-21(27)16-8-3-2-4-9-16/h2-4,7-11,14-15H,5-6,12-13H2,1H3,(H,22,24)(H,23,27)(H,25,26). The second-order valence-corrected chi connectivity index (χ2v) is 6.34. The van der Waals surface area contributed by atoms with Crippen LogP contribution in [0.2, 0.25) is 0 Å². The van der Waals surface area contributed by atoms with Gasteiger partial charge in [-0.2, -0.15) is 0 Å². The van der Waals surface area contributed by atoms with Gasteiger partial charge in [-0.3, -0.25) is 14.4 Å². The van der Waals surface area contributed by atoms with Crippen LogP contribution >= 0.6 is 0 Å². The van der Waals surface area contributed by atoms with Crippen molar-refractivity contribution < 1.29 is 19.5 Å². The van der Waals surface area contributed by atoms with Crippen molar-refractivity contribution in [3.05, 3.63) is 65.7 Å². The average Bonchev–Trinajstić information content (AvgIpc) is 2.66. The molecule has 0 saturated heterocycles. The van der Waals surface area contributed by atoms with Crippen LogP contribution in [0, 0.1) is 0 Å². The first kappa shape index (κ1) is 20.2. The van der Waals surface area contributed by atoms with Crippen molar-refractivity contribution in [2.75, 3.05) is 5.32 Å². The smallest absolute Gasteiger partial charge is 0.303 e. The van der Waals surface area contributed by atoms with E-state index in [-0.39, 0.29) is 24.3 Å². The normalized spacial score (nSPS) is 11.4. The molecule has 0 aliphatic heterocycles. The van der Waals surface area contributed by atoms with E-state index in [4.69, 9.17) is 5.11 Å². The van der Waals surface area contributed by atoms with E-state index in [1.807, 2.05) is 31.2 Å². The van der Waals surface area contributed by atoms with Crippen molar-refractivity contribution in [1.82, 2.24) is 5.32 Å². The molecular formula is C21H24N2O4. The molecule has 1 unspecified atom stereocenters. The quantitative estimate of drug-likeness (QED) is 0.587. The minimum Gasteiger partial charge on any atom is -0.481 e. The summed E-state index contributed by atoms with van der Waals surface area (Å²) in [5.41, 5.74) is 2.11. The summed E-state index contributed by atoms with van der Waals surface area (Å²) < 4.78 is 0. The maximum absolute atomic E-state index is 12.2. The Labute approximate surface area is 158 Å². The summed E-state index contributed by atoms with van der Waals surface area (Å²) in [6.07, 6.45) is 1.39. The van der Waals surface area contributed by atoms with Gasteiger partial charge in [0.05, 0.1) is 6.04 Å². The molecule has 2 amide bonds. The monoisotopic (exact) mass is 368 g/mol. The lowest BCUT2D eigenvalue weighted by Gasteiger charge is -2.16. The molecule has 3 N–H and O–H groups in total. The lowest BCUT2D eigenvalue weighted by atomic mass is 10.1. The van der Waals surface area contributed by atoms with Crippen LogP contribution in [0.3, 0.4) is 0 Å². The van der Waals surface area contributed by atoms with E-state index in [0.717, 1.165) is 5.56 Å². The molecule has 2 aromatic rings. The van der Waals surface area contributed by atoms with E-state index >= 15 is 0 Å². The lowest BCUT2D eigenvalue weighted by Crippen LogP contribution is -2.26. The predicted octanol–water partition coefficient (Wildman–Crippen LogP) is 3.76. The highest BCUT2D eigenvalue weighted by atomic mass is 16.4. The molecule has 27 heavy (non-hydrogen) atoms. The molecule has 0 bridgehead atoms. The molecule has 0 aromatic heterocycles. The SMILES string of the molecule is CC(NC(=O)CCCCC(=O)O)c1cccc(NC(=O)c2ccccc2)c1. The number of benzene rings is 2. The van der Waals surface area contributed by atoms with E-state index < -0.39 is 5.97 Å². The average molecular weight is 368 g/mol. The molecule has 0 radical (unpaired) electrons. The third-order valence-electron chi connectivity index (χ3n) is 4.10. The van der Waals surface area contributed by atoms with Gasteiger partial charge in [-0.05, 0) is 49.6 Å². The van der Waals surface area contributed by atoms with Crippen molar-refractivity contribution in [1.29, 1.82) is 0 Å². The van der Waals surface area contributed by atoms with Crippen molar-refractivity contribution in [2.24, 2.45) is 0 Å². The second kappa shape index (κ2) is 10.1. The van der Waals surface area contributed by atoms with Crippen LogP contribution in [0.15, 0.2) is 54.6 Å². The van der Waals surface area contributed by atoms with Crippen LogP contribution in [-0.4, -0.2) is 22.9 Å². The highest BCUT2D eigenvalue weighted by Crippen LogP contribution is 2.18. The molecule has 1 atom stereocenters. The first-order valence-electron chi connectivity index (χ1n) is 8.93. The molecule has 142 valence electrons. The summed E-state index contributed by atoms with van der Waals surface area (Å²) in [5.74, 6) is -1.16. The zero-order valence-electron chi connectivity index (χ0n) is 15.3. The number of unbranched alkanes of at least 4 members (excludes halogenated alkanes) is 1. The second-order valence-electron chi connectivity index (χ2n) is 6.34. The fourth-order valence-electron chi connectivity index (χ4n) is 2.64. The van der Waals surface area contributed by atoms with Crippen LogP contribution < -0.4 is 10.6 Å². The number of hydrogen-bond acceptors (Lipinski definition) is 3. The minimum absolute atomic E-state index is 0.0754. The van der Waals surface area contributed by atoms with Gasteiger partial charge >= 0.3 is 5.97 Å². The Balaban J connectivity index is 1.89. The van der Waals surface area contributed by atoms with Crippen molar-refractivity contribution in [3.63, 3.8) is 0 Å². The molecule has 0 saturated carbocycles. The zero-order valence-corrected chi connectivity index (χ0v) is 15.3. The molecule has 6 nitrogen and oxygen atoms in total. The molecule has 2 aromatic carbocycles. The number of carbonyl (C=O) groups excluding carboxylic acids is 2. The molecule has 2 rings (SSSR count). The number of nitrogens with one attached hydrogen (secondary N) is 2. The Morgan fingerprint density at radius 3 is 2.37 bits per heavy atom. The van der Waals surface area contributed by atoms with E-state index in [0.29, 0.717) is 30.5 Å². The maximum Gasteiger partial charge on any atom is 0.303 e. The van der Waals surface area contributed by atoms with Crippen molar-refractivity contribution in [2.45, 2.75) is 38.6 Å². The number of carboxylic acids is 1. The molecule has 6 heteroatoms. The first-order valence-corrected chi connectivity index (χ1v) is 8.93. The zero-order chi connectivity index (χ0) is 19.6. The van der Waals surface area contributed by atoms with Gasteiger partial charge in [-0.25, -0.2) is 0 Å². The Morgan fingerprint density at radius 2 is 1.67 bits per heavy atom. The van der Waals surface area contributed by atoms with Gasteiger partial charge in [0.2, 0.25) is 5.91 Å². The number of carboxylic acid groups (broad SMARTS) is 1. The Hall–Kier alpha value is -3.15. The highest BCUT2D eigenvalue weighted by Gasteiger charge is 2.11.